The summed E-state index contributed by atoms with van der Waals surface area (Å²) in [6.45, 7) is 2.03. The lowest BCUT2D eigenvalue weighted by atomic mass is 9.68. The molecule has 1 aliphatic carbocycles. The van der Waals surface area contributed by atoms with Crippen LogP contribution in [0, 0.1) is 11.7 Å². The van der Waals surface area contributed by atoms with E-state index in [1.54, 1.807) is 6.07 Å². The number of nitrogens with zero attached hydrogens (tertiary/aromatic N) is 1. The Hall–Kier alpha value is -1.88. The molecule has 128 valence electrons. The lowest BCUT2D eigenvalue weighted by Crippen LogP contribution is -2.65. The van der Waals surface area contributed by atoms with E-state index in [4.69, 9.17) is 0 Å². The number of carbonyl (C=O) groups is 1. The van der Waals surface area contributed by atoms with Crippen LogP contribution in [0.2, 0.25) is 0 Å². The van der Waals surface area contributed by atoms with E-state index in [1.165, 1.54) is 12.1 Å². The van der Waals surface area contributed by atoms with Gasteiger partial charge in [0, 0.05) is 29.6 Å². The molecule has 1 aromatic heterocycles. The van der Waals surface area contributed by atoms with Gasteiger partial charge >= 0.3 is 0 Å². The van der Waals surface area contributed by atoms with Crippen LogP contribution in [0.1, 0.15) is 38.2 Å². The molecule has 2 unspecified atom stereocenters. The lowest BCUT2D eigenvalue weighted by molar-refractivity contribution is -0.164. The number of rotatable bonds is 4. The van der Waals surface area contributed by atoms with Crippen LogP contribution >= 0.6 is 0 Å². The van der Waals surface area contributed by atoms with Crippen LogP contribution in [0.3, 0.4) is 0 Å². The number of fused-ring (bicyclic) bond motifs is 3. The Morgan fingerprint density at radius 2 is 2.21 bits per heavy atom. The summed E-state index contributed by atoms with van der Waals surface area (Å²) in [5.41, 5.74) is 1.80. The first kappa shape index (κ1) is 15.6. The summed E-state index contributed by atoms with van der Waals surface area (Å²) in [6.07, 6.45) is 5.22. The maximum absolute atomic E-state index is 13.3. The number of aliphatic hydroxyl groups excluding tert-OH is 1. The monoisotopic (exact) mass is 330 g/mol. The number of carbonyl (C=O) groups excluding carboxylic acids is 1. The summed E-state index contributed by atoms with van der Waals surface area (Å²) in [7, 11) is 0. The number of aryl methyl sites for hydroxylation is 1. The number of hydrogen-bond acceptors (Lipinski definition) is 2. The average Bonchev–Trinajstić information content (AvgIpc) is 2.92. The van der Waals surface area contributed by atoms with Crippen molar-refractivity contribution in [2.75, 3.05) is 0 Å². The summed E-state index contributed by atoms with van der Waals surface area (Å²) in [5.74, 6) is 0.243. The first-order valence-corrected chi connectivity index (χ1v) is 8.83. The van der Waals surface area contributed by atoms with Gasteiger partial charge < -0.3 is 15.0 Å². The Labute approximate surface area is 140 Å². The molecule has 2 N–H and O–H groups in total. The maximum Gasteiger partial charge on any atom is 0.223 e. The number of amides is 1. The number of piperidine rings is 2. The number of aromatic nitrogens is 1. The van der Waals surface area contributed by atoms with Crippen molar-refractivity contribution in [3.05, 3.63) is 35.8 Å². The minimum atomic E-state index is -0.375. The van der Waals surface area contributed by atoms with Crippen LogP contribution in [-0.4, -0.2) is 39.1 Å². The summed E-state index contributed by atoms with van der Waals surface area (Å²) < 4.78 is 13.3. The number of H-pyrrole nitrogens is 1. The van der Waals surface area contributed by atoms with Gasteiger partial charge in [0.05, 0.1) is 12.1 Å². The molecule has 0 spiro atoms. The summed E-state index contributed by atoms with van der Waals surface area (Å²) in [4.78, 5) is 17.8. The van der Waals surface area contributed by atoms with E-state index >= 15 is 0 Å². The van der Waals surface area contributed by atoms with E-state index < -0.39 is 0 Å². The third-order valence-electron chi connectivity index (χ3n) is 5.82. The second kappa shape index (κ2) is 5.88. The minimum absolute atomic E-state index is 0.0351. The molecule has 2 atom stereocenters. The van der Waals surface area contributed by atoms with Crippen molar-refractivity contribution >= 4 is 16.8 Å². The predicted molar refractivity (Wildman–Crippen MR) is 90.0 cm³/mol. The normalized spacial score (nSPS) is 28.9. The maximum atomic E-state index is 13.3. The summed E-state index contributed by atoms with van der Waals surface area (Å²) in [6, 6.07) is 4.96. The minimum Gasteiger partial charge on any atom is -0.391 e. The highest BCUT2D eigenvalue weighted by molar-refractivity contribution is 5.84. The molecule has 2 bridgehead atoms. The highest BCUT2D eigenvalue weighted by Gasteiger charge is 2.50. The van der Waals surface area contributed by atoms with Gasteiger partial charge in [-0.1, -0.05) is 6.92 Å². The van der Waals surface area contributed by atoms with E-state index in [0.717, 1.165) is 35.7 Å². The summed E-state index contributed by atoms with van der Waals surface area (Å²) in [5, 5.41) is 11.4. The highest BCUT2D eigenvalue weighted by Crippen LogP contribution is 2.44. The van der Waals surface area contributed by atoms with Crippen LogP contribution in [0.25, 0.3) is 10.9 Å². The fourth-order valence-corrected chi connectivity index (χ4v) is 4.45. The molecule has 2 aromatic rings. The van der Waals surface area contributed by atoms with Crippen LogP contribution < -0.4 is 0 Å². The van der Waals surface area contributed by atoms with Crippen LogP contribution in [0.15, 0.2) is 24.4 Å². The van der Waals surface area contributed by atoms with Gasteiger partial charge in [-0.2, -0.15) is 0 Å². The third-order valence-corrected chi connectivity index (χ3v) is 5.82. The topological polar surface area (TPSA) is 56.3 Å². The van der Waals surface area contributed by atoms with E-state index in [2.05, 4.69) is 4.98 Å². The third kappa shape index (κ3) is 2.42. The van der Waals surface area contributed by atoms with Crippen molar-refractivity contribution in [2.45, 2.75) is 57.2 Å². The Bertz CT molecular complexity index is 766. The lowest BCUT2D eigenvalue weighted by Gasteiger charge is -2.56. The van der Waals surface area contributed by atoms with Gasteiger partial charge in [-0.3, -0.25) is 4.79 Å². The molecule has 4 nitrogen and oxygen atoms in total. The quantitative estimate of drug-likeness (QED) is 0.905. The molecule has 2 saturated heterocycles. The first-order chi connectivity index (χ1) is 11.6. The van der Waals surface area contributed by atoms with Crippen molar-refractivity contribution in [1.82, 2.24) is 9.88 Å². The second-order valence-electron chi connectivity index (χ2n) is 7.16. The number of hydrogen-bond donors (Lipinski definition) is 2. The van der Waals surface area contributed by atoms with E-state index in [1.807, 2.05) is 18.0 Å². The van der Waals surface area contributed by atoms with E-state index in [9.17, 15) is 14.3 Å². The molecular formula is C19H23FN2O2. The van der Waals surface area contributed by atoms with E-state index in [0.29, 0.717) is 24.8 Å². The van der Waals surface area contributed by atoms with Gasteiger partial charge in [-0.15, -0.1) is 0 Å². The van der Waals surface area contributed by atoms with Crippen LogP contribution in [-0.2, 0) is 11.2 Å². The fourth-order valence-electron chi connectivity index (χ4n) is 4.45. The Morgan fingerprint density at radius 1 is 1.42 bits per heavy atom. The Kier molecular flexibility index (Phi) is 3.83. The molecule has 1 amide bonds. The fraction of sp³-hybridized carbons (Fsp3) is 0.526. The number of benzene rings is 1. The van der Waals surface area contributed by atoms with Crippen molar-refractivity contribution in [1.29, 1.82) is 0 Å². The zero-order chi connectivity index (χ0) is 16.8. The molecular weight excluding hydrogens is 307 g/mol. The number of nitrogens with one attached hydrogen (secondary N) is 1. The Morgan fingerprint density at radius 3 is 2.96 bits per heavy atom. The molecule has 5 heteroatoms. The van der Waals surface area contributed by atoms with Gasteiger partial charge in [-0.25, -0.2) is 4.39 Å². The molecule has 24 heavy (non-hydrogen) atoms. The standard InChI is InChI=1S/C19H23FN2O2/c1-2-17-19(24)12-7-14(8-12)22(17)18(23)6-3-11-10-21-16-9-13(20)4-5-15(11)16/h4-5,9-10,12,14,17,19,21,24H,2-3,6-8H2,1H3. The van der Waals surface area contributed by atoms with Crippen molar-refractivity contribution < 1.29 is 14.3 Å². The van der Waals surface area contributed by atoms with Crippen molar-refractivity contribution in [3.63, 3.8) is 0 Å². The van der Waals surface area contributed by atoms with Crippen molar-refractivity contribution in [2.24, 2.45) is 5.92 Å². The van der Waals surface area contributed by atoms with Crippen LogP contribution in [0.5, 0.6) is 0 Å². The number of halogens is 1. The highest BCUT2D eigenvalue weighted by atomic mass is 19.1. The van der Waals surface area contributed by atoms with Gasteiger partial charge in [0.25, 0.3) is 0 Å². The average molecular weight is 330 g/mol. The SMILES string of the molecule is CCC1C(O)C2CC(C2)N1C(=O)CCc1c[nH]c2cc(F)ccc12. The smallest absolute Gasteiger partial charge is 0.223 e. The number of aliphatic hydroxyl groups is 1. The van der Waals surface area contributed by atoms with Gasteiger partial charge in [0.1, 0.15) is 5.82 Å². The summed E-state index contributed by atoms with van der Waals surface area (Å²) >= 11 is 0. The molecule has 5 rings (SSSR count). The molecule has 3 heterocycles. The number of aromatic amines is 1. The van der Waals surface area contributed by atoms with Gasteiger partial charge in [0.15, 0.2) is 0 Å². The Balaban J connectivity index is 1.47. The first-order valence-electron chi connectivity index (χ1n) is 8.83. The van der Waals surface area contributed by atoms with Crippen molar-refractivity contribution in [3.8, 4) is 0 Å². The van der Waals surface area contributed by atoms with Gasteiger partial charge in [0.2, 0.25) is 5.91 Å². The zero-order valence-electron chi connectivity index (χ0n) is 13.8. The molecule has 3 aliphatic rings. The molecule has 1 saturated carbocycles. The predicted octanol–water partition coefficient (Wildman–Crippen LogP) is 3.00. The van der Waals surface area contributed by atoms with Gasteiger partial charge in [-0.05, 0) is 55.4 Å². The molecule has 3 fully saturated rings. The molecule has 1 aromatic carbocycles. The second-order valence-corrected chi connectivity index (χ2v) is 7.16. The van der Waals surface area contributed by atoms with E-state index in [-0.39, 0.29) is 23.9 Å². The molecule has 2 aliphatic heterocycles. The van der Waals surface area contributed by atoms with Crippen LogP contribution in [0.4, 0.5) is 4.39 Å². The molecule has 0 radical (unpaired) electrons. The zero-order valence-corrected chi connectivity index (χ0v) is 13.8. The largest absolute Gasteiger partial charge is 0.391 e.